The summed E-state index contributed by atoms with van der Waals surface area (Å²) >= 11 is 0. The van der Waals surface area contributed by atoms with Crippen molar-refractivity contribution >= 4 is 47.8 Å². The molecule has 0 radical (unpaired) electrons. The van der Waals surface area contributed by atoms with Crippen LogP contribution in [-0.2, 0) is 81.0 Å². The van der Waals surface area contributed by atoms with Crippen LogP contribution in [0.15, 0.2) is 0 Å². The van der Waals surface area contributed by atoms with Gasteiger partial charge in [-0.3, -0.25) is 38.4 Å². The third kappa shape index (κ3) is 12.2. The molecule has 4 saturated heterocycles. The first-order valence-electron chi connectivity index (χ1n) is 39.8. The van der Waals surface area contributed by atoms with Crippen molar-refractivity contribution in [2.24, 2.45) is 217 Å². The van der Waals surface area contributed by atoms with Gasteiger partial charge in [0.15, 0.2) is 0 Å². The topological polar surface area (TPSA) is 220 Å². The lowest BCUT2D eigenvalue weighted by Gasteiger charge is -2.44. The minimum Gasteiger partial charge on any atom is -0.465 e. The van der Waals surface area contributed by atoms with E-state index in [1.807, 2.05) is 76.2 Å². The number of esters is 8. The van der Waals surface area contributed by atoms with E-state index < -0.39 is 10.8 Å². The Morgan fingerprint density at radius 3 is 1.02 bits per heavy atom. The van der Waals surface area contributed by atoms with Gasteiger partial charge in [-0.15, -0.1) is 0 Å². The maximum absolute atomic E-state index is 12.7. The first kappa shape index (κ1) is 85.7. The third-order valence-corrected chi connectivity index (χ3v) is 34.3. The average molecular weight is 1490 g/mol. The highest BCUT2D eigenvalue weighted by atomic mass is 16.6. The number of methoxy groups -OCH3 is 1. The molecule has 4 heterocycles. The van der Waals surface area contributed by atoms with Crippen molar-refractivity contribution < 1.29 is 81.0 Å². The fraction of sp³-hybridized carbons (Fsp3) is 0.910. The van der Waals surface area contributed by atoms with Gasteiger partial charge in [0.1, 0.15) is 24.4 Å². The number of fused-ring (bicyclic) bond motifs is 48. The lowest BCUT2D eigenvalue weighted by molar-refractivity contribution is -0.178. The van der Waals surface area contributed by atoms with Crippen LogP contribution in [0, 0.1) is 217 Å². The van der Waals surface area contributed by atoms with Crippen molar-refractivity contribution in [1.29, 1.82) is 0 Å². The molecule has 39 unspecified atom stereocenters. The Morgan fingerprint density at radius 1 is 0.358 bits per heavy atom. The van der Waals surface area contributed by atoms with Gasteiger partial charge in [0, 0.05) is 36.7 Å². The number of carbonyl (C=O) groups excluding carboxylic acids is 8. The molecule has 16 bridgehead atoms. The summed E-state index contributed by atoms with van der Waals surface area (Å²) in [6.07, 6.45) is 14.9. The van der Waals surface area contributed by atoms with Gasteiger partial charge in [0.2, 0.25) is 0 Å². The van der Waals surface area contributed by atoms with Crippen molar-refractivity contribution in [3.63, 3.8) is 0 Å². The summed E-state index contributed by atoms with van der Waals surface area (Å²) in [6, 6.07) is 0. The van der Waals surface area contributed by atoms with Crippen molar-refractivity contribution in [1.82, 2.24) is 0 Å². The Bertz CT molecular complexity index is 3260. The maximum Gasteiger partial charge on any atom is 0.311 e. The minimum absolute atomic E-state index is 0. The molecular formula is C89H146O17. The van der Waals surface area contributed by atoms with E-state index in [4.69, 9.17) is 42.6 Å². The van der Waals surface area contributed by atoms with Crippen LogP contribution in [0.1, 0.15) is 232 Å². The molecule has 20 rings (SSSR count). The Kier molecular flexibility index (Phi) is 24.5. The molecule has 0 spiro atoms. The smallest absolute Gasteiger partial charge is 0.311 e. The molecule has 604 valence electrons. The van der Waals surface area contributed by atoms with Gasteiger partial charge in [0.25, 0.3) is 0 Å². The van der Waals surface area contributed by atoms with Crippen LogP contribution in [0.4, 0.5) is 0 Å². The summed E-state index contributed by atoms with van der Waals surface area (Å²) < 4.78 is 51.6. The number of carbonyl (C=O) groups is 8. The monoisotopic (exact) mass is 1490 g/mol. The predicted octanol–water partition coefficient (Wildman–Crippen LogP) is 16.8. The molecule has 0 aromatic carbocycles. The molecule has 17 heteroatoms. The van der Waals surface area contributed by atoms with Crippen molar-refractivity contribution in [2.75, 3.05) is 33.5 Å². The van der Waals surface area contributed by atoms with Gasteiger partial charge in [-0.05, 0) is 273 Å². The normalized spacial score (nSPS) is 47.8. The highest BCUT2D eigenvalue weighted by Crippen LogP contribution is 2.76. The number of cyclic esters (lactones) is 4. The lowest BCUT2D eigenvalue weighted by atomic mass is 9.61. The van der Waals surface area contributed by atoms with Crippen LogP contribution in [0.3, 0.4) is 0 Å². The van der Waals surface area contributed by atoms with E-state index in [-0.39, 0.29) is 173 Å². The zero-order chi connectivity index (χ0) is 68.7. The predicted molar refractivity (Wildman–Crippen MR) is 407 cm³/mol. The molecule has 0 aromatic heterocycles. The van der Waals surface area contributed by atoms with Gasteiger partial charge in [-0.25, -0.2) is 0 Å². The molecule has 17 nitrogen and oxygen atoms in total. The van der Waals surface area contributed by atoms with E-state index in [2.05, 4.69) is 6.92 Å². The average Bonchev–Trinajstić information content (AvgIpc) is 1.54. The number of rotatable bonds is 13. The van der Waals surface area contributed by atoms with Crippen molar-refractivity contribution in [3.05, 3.63) is 0 Å². The second kappa shape index (κ2) is 30.3. The zero-order valence-corrected chi connectivity index (χ0v) is 60.7. The van der Waals surface area contributed by atoms with Crippen LogP contribution < -0.4 is 0 Å². The van der Waals surface area contributed by atoms with Gasteiger partial charge >= 0.3 is 47.8 Å². The van der Waals surface area contributed by atoms with Gasteiger partial charge < -0.3 is 42.6 Å². The van der Waals surface area contributed by atoms with Gasteiger partial charge in [-0.2, -0.15) is 0 Å². The van der Waals surface area contributed by atoms with E-state index in [9.17, 15) is 38.4 Å². The SMILES string of the molecule is C.C.C.C.C.C.C.C.CCC(C)(C)C(=O)OC1C(C)C2CC1C1C3CC(C4COC(=O)C43)C21.CCC(C)(C)C(=O)OC1C2CC(C1OC)C1C3CC(C4C(=O)OCC34)C21.CCC(C)(C)C(=O)OC1CC2CC1C1C3CC(C4C(=O)OCC34)C21.CCC(C)C(=O)OC1CC2CC1C1C3CC(C4C(=O)OCC34)C21. The highest BCUT2D eigenvalue weighted by molar-refractivity contribution is 5.80. The fourth-order valence-corrected chi connectivity index (χ4v) is 29.1. The summed E-state index contributed by atoms with van der Waals surface area (Å²) in [5.41, 5.74) is -1.25. The lowest BCUT2D eigenvalue weighted by Crippen LogP contribution is -2.50. The maximum atomic E-state index is 12.7. The second-order valence-corrected chi connectivity index (χ2v) is 38.3. The molecule has 4 aliphatic heterocycles. The molecule has 20 fully saturated rings. The van der Waals surface area contributed by atoms with Crippen LogP contribution in [-0.4, -0.2) is 112 Å². The molecule has 39 atom stereocenters. The van der Waals surface area contributed by atoms with Gasteiger partial charge in [0.05, 0.1) is 78.4 Å². The molecule has 106 heavy (non-hydrogen) atoms. The molecule has 0 N–H and O–H groups in total. The molecule has 0 aromatic rings. The summed E-state index contributed by atoms with van der Waals surface area (Å²) in [5.74, 6) is 17.1. The quantitative estimate of drug-likeness (QED) is 0.0950. The molecule has 0 amide bonds. The van der Waals surface area contributed by atoms with E-state index >= 15 is 0 Å². The molecular weight excluding hydrogens is 1340 g/mol. The van der Waals surface area contributed by atoms with Crippen LogP contribution in [0.2, 0.25) is 0 Å². The largest absolute Gasteiger partial charge is 0.465 e. The zero-order valence-electron chi connectivity index (χ0n) is 60.7. The standard InChI is InChI=1S/C21H30O5.C21H30O4.C20H28O4.C19H26O4.8CH4/c1-5-21(2,3)20(23)26-18-12-7-11(17(18)24-4)14-9-6-10(15(12)14)16-13(9)8-25-19(16)22;1-5-21(3,4)20(23)25-18-9(2)10-6-13(18)16-12-7-11(15(10)16)14-8-24-19(22)17(12)14;1-4-20(2,3)19(22)24-14-6-9-5-11(14)16-10-7-12(15(9)16)17-13(10)8-23-18(17)21;1-3-8(2)18(20)23-14-5-9-4-11(14)16-10-6-12(15(9)16)17-13(10)7-22-19(17)21;;;;;;;;/h9-18H,5-8H2,1-4H3;9-18H,5-8H2,1-4H3;9-17H,4-8H2,1-3H3;8-17H,3-7H2,1-2H3;8*1H4. The van der Waals surface area contributed by atoms with Crippen molar-refractivity contribution in [3.8, 4) is 0 Å². The Balaban J connectivity index is 0.000000160. The van der Waals surface area contributed by atoms with E-state index in [0.717, 1.165) is 57.3 Å². The van der Waals surface area contributed by atoms with E-state index in [0.29, 0.717) is 192 Å². The summed E-state index contributed by atoms with van der Waals surface area (Å²) in [5, 5.41) is 0. The van der Waals surface area contributed by atoms with Gasteiger partial charge in [-0.1, -0.05) is 101 Å². The van der Waals surface area contributed by atoms with Crippen LogP contribution >= 0.6 is 0 Å². The molecule has 20 aliphatic rings. The van der Waals surface area contributed by atoms with Crippen LogP contribution in [0.25, 0.3) is 0 Å². The summed E-state index contributed by atoms with van der Waals surface area (Å²) in [6.45, 7) is 26.8. The van der Waals surface area contributed by atoms with Crippen molar-refractivity contribution in [2.45, 2.75) is 263 Å². The van der Waals surface area contributed by atoms with E-state index in [1.165, 1.54) is 38.5 Å². The van der Waals surface area contributed by atoms with E-state index in [1.54, 1.807) is 7.11 Å². The first-order chi connectivity index (χ1) is 46.7. The Labute approximate surface area is 639 Å². The Morgan fingerprint density at radius 2 is 0.651 bits per heavy atom. The summed E-state index contributed by atoms with van der Waals surface area (Å²) in [4.78, 5) is 98.8. The number of hydrogen-bond donors (Lipinski definition) is 0. The number of ether oxygens (including phenoxy) is 9. The van der Waals surface area contributed by atoms with Crippen LogP contribution in [0.5, 0.6) is 0 Å². The first-order valence-corrected chi connectivity index (χ1v) is 39.8. The third-order valence-electron chi connectivity index (χ3n) is 34.3. The Hall–Kier alpha value is -4.28. The second-order valence-electron chi connectivity index (χ2n) is 38.3. The summed E-state index contributed by atoms with van der Waals surface area (Å²) in [7, 11) is 1.75. The minimum atomic E-state index is -0.464. The molecule has 16 aliphatic carbocycles. The number of hydrogen-bond acceptors (Lipinski definition) is 17. The highest BCUT2D eigenvalue weighted by Gasteiger charge is 2.77. The molecule has 16 saturated carbocycles. The fourth-order valence-electron chi connectivity index (χ4n) is 29.1.